The van der Waals surface area contributed by atoms with Crippen molar-refractivity contribution in [2.24, 2.45) is 5.10 Å². The highest BCUT2D eigenvalue weighted by atomic mass is 16.5. The average Bonchev–Trinajstić information content (AvgIpc) is 2.91. The summed E-state index contributed by atoms with van der Waals surface area (Å²) in [6.45, 7) is 3.59. The van der Waals surface area contributed by atoms with E-state index in [1.54, 1.807) is 56.3 Å². The van der Waals surface area contributed by atoms with Crippen LogP contribution in [0.3, 0.4) is 0 Å². The molecule has 0 fully saturated rings. The molecule has 0 aromatic heterocycles. The average molecular weight is 527 g/mol. The van der Waals surface area contributed by atoms with Crippen LogP contribution in [-0.4, -0.2) is 63.0 Å². The first kappa shape index (κ1) is 28.0. The maximum atomic E-state index is 12.4. The topological polar surface area (TPSA) is 157 Å². The Labute approximate surface area is 219 Å². The molecule has 0 radical (unpaired) electrons. The summed E-state index contributed by atoms with van der Waals surface area (Å²) in [5.74, 6) is -0.303. The van der Waals surface area contributed by atoms with Crippen molar-refractivity contribution in [1.29, 1.82) is 0 Å². The fourth-order valence-electron chi connectivity index (χ4n) is 3.64. The van der Waals surface area contributed by atoms with Crippen LogP contribution < -0.4 is 25.5 Å². The molecule has 0 saturated heterocycles. The van der Waals surface area contributed by atoms with Crippen molar-refractivity contribution in [3.8, 4) is 11.5 Å². The monoisotopic (exact) mass is 526 g/mol. The molecular formula is C26H30N4O8. The first-order chi connectivity index (χ1) is 18.3. The van der Waals surface area contributed by atoms with Gasteiger partial charge in [-0.05, 0) is 49.2 Å². The van der Waals surface area contributed by atoms with Crippen LogP contribution in [0.5, 0.6) is 11.5 Å². The van der Waals surface area contributed by atoms with Gasteiger partial charge in [0, 0.05) is 5.70 Å². The van der Waals surface area contributed by atoms with E-state index in [9.17, 15) is 19.5 Å². The van der Waals surface area contributed by atoms with E-state index < -0.39 is 30.2 Å². The molecule has 2 amide bonds. The number of urea groups is 1. The first-order valence-electron chi connectivity index (χ1n) is 11.7. The van der Waals surface area contributed by atoms with Gasteiger partial charge in [0.15, 0.2) is 17.7 Å². The number of hydrogen-bond acceptors (Lipinski definition) is 10. The highest BCUT2D eigenvalue weighted by molar-refractivity contribution is 5.95. The van der Waals surface area contributed by atoms with Crippen LogP contribution in [-0.2, 0) is 14.3 Å². The van der Waals surface area contributed by atoms with Gasteiger partial charge < -0.3 is 34.7 Å². The van der Waals surface area contributed by atoms with Crippen molar-refractivity contribution in [3.63, 3.8) is 0 Å². The second-order valence-electron chi connectivity index (χ2n) is 8.03. The Hall–Kier alpha value is -4.58. The van der Waals surface area contributed by atoms with Crippen LogP contribution in [0.15, 0.2) is 58.8 Å². The van der Waals surface area contributed by atoms with Gasteiger partial charge in [0.25, 0.3) is 0 Å². The predicted octanol–water partition coefficient (Wildman–Crippen LogP) is 1.99. The number of nitrogens with one attached hydrogen (secondary N) is 3. The standard InChI is InChI=1S/C26H30N4O8/c1-5-37-20-12-18(23-22(25(33)36-4)15(2)28-26(34)29-23)10-11-19(20)38-14-21(31)30-27-13-16-6-8-17(9-7-16)24(32)35-3/h6-13,21,23,30-31H,5,14H2,1-4H3,(H2,28,29,34)/b27-13-/t21-,23-/m1/s1. The SMILES string of the molecule is CCOc1cc([C@H]2NC(=O)NC(C)=C2C(=O)OC)ccc1OC[C@@H](O)N/N=C\c1ccc(C(=O)OC)cc1. The van der Waals surface area contributed by atoms with E-state index in [1.807, 2.05) is 0 Å². The summed E-state index contributed by atoms with van der Waals surface area (Å²) >= 11 is 0. The van der Waals surface area contributed by atoms with Gasteiger partial charge in [-0.25, -0.2) is 14.4 Å². The van der Waals surface area contributed by atoms with Crippen LogP contribution in [0.2, 0.25) is 0 Å². The van der Waals surface area contributed by atoms with Crippen LogP contribution in [0.4, 0.5) is 4.79 Å². The minimum atomic E-state index is -1.14. The molecule has 2 atom stereocenters. The number of ether oxygens (including phenoxy) is 4. The molecule has 38 heavy (non-hydrogen) atoms. The van der Waals surface area contributed by atoms with Crippen molar-refractivity contribution in [3.05, 3.63) is 70.4 Å². The van der Waals surface area contributed by atoms with E-state index >= 15 is 0 Å². The van der Waals surface area contributed by atoms with Crippen LogP contribution in [0.25, 0.3) is 0 Å². The summed E-state index contributed by atoms with van der Waals surface area (Å²) in [6, 6.07) is 10.3. The normalized spacial score (nSPS) is 15.8. The molecule has 202 valence electrons. The van der Waals surface area contributed by atoms with E-state index in [-0.39, 0.29) is 12.2 Å². The van der Waals surface area contributed by atoms with E-state index in [4.69, 9.17) is 14.2 Å². The Bertz CT molecular complexity index is 1230. The number of rotatable bonds is 11. The molecule has 4 N–H and O–H groups in total. The number of hydrogen-bond donors (Lipinski definition) is 4. The Morgan fingerprint density at radius 3 is 2.45 bits per heavy atom. The number of benzene rings is 2. The van der Waals surface area contributed by atoms with Gasteiger partial charge in [0.1, 0.15) is 6.61 Å². The number of carbonyl (C=O) groups is 3. The largest absolute Gasteiger partial charge is 0.490 e. The zero-order valence-corrected chi connectivity index (χ0v) is 21.4. The van der Waals surface area contributed by atoms with Crippen LogP contribution >= 0.6 is 0 Å². The summed E-state index contributed by atoms with van der Waals surface area (Å²) in [5, 5.41) is 19.5. The summed E-state index contributed by atoms with van der Waals surface area (Å²) < 4.78 is 21.0. The molecule has 0 unspecified atom stereocenters. The molecule has 3 rings (SSSR count). The minimum absolute atomic E-state index is 0.158. The number of nitrogens with zero attached hydrogens (tertiary/aromatic N) is 1. The Morgan fingerprint density at radius 2 is 1.79 bits per heavy atom. The lowest BCUT2D eigenvalue weighted by Crippen LogP contribution is -2.45. The lowest BCUT2D eigenvalue weighted by molar-refractivity contribution is -0.136. The molecule has 1 heterocycles. The zero-order valence-electron chi connectivity index (χ0n) is 21.4. The summed E-state index contributed by atoms with van der Waals surface area (Å²) in [6.07, 6.45) is 0.335. The maximum Gasteiger partial charge on any atom is 0.337 e. The number of esters is 2. The predicted molar refractivity (Wildman–Crippen MR) is 137 cm³/mol. The lowest BCUT2D eigenvalue weighted by Gasteiger charge is -2.28. The van der Waals surface area contributed by atoms with Gasteiger partial charge in [-0.2, -0.15) is 5.10 Å². The van der Waals surface area contributed by atoms with Crippen LogP contribution in [0.1, 0.15) is 41.4 Å². The van der Waals surface area contributed by atoms with Gasteiger partial charge in [-0.15, -0.1) is 0 Å². The fraction of sp³-hybridized carbons (Fsp3) is 0.308. The first-order valence-corrected chi connectivity index (χ1v) is 11.7. The molecule has 1 aliphatic heterocycles. The highest BCUT2D eigenvalue weighted by Crippen LogP contribution is 2.34. The molecular weight excluding hydrogens is 496 g/mol. The number of methoxy groups -OCH3 is 2. The second-order valence-corrected chi connectivity index (χ2v) is 8.03. The summed E-state index contributed by atoms with van der Waals surface area (Å²) in [5.41, 5.74) is 4.90. The fourth-order valence-corrected chi connectivity index (χ4v) is 3.64. The zero-order chi connectivity index (χ0) is 27.7. The number of allylic oxidation sites excluding steroid dienone is 1. The quantitative estimate of drug-likeness (QED) is 0.149. The highest BCUT2D eigenvalue weighted by Gasteiger charge is 2.32. The minimum Gasteiger partial charge on any atom is -0.490 e. The third kappa shape index (κ3) is 7.01. The Balaban J connectivity index is 1.66. The van der Waals surface area contributed by atoms with E-state index in [1.165, 1.54) is 20.4 Å². The molecule has 1 aliphatic rings. The van der Waals surface area contributed by atoms with Gasteiger partial charge in [0.2, 0.25) is 0 Å². The molecule has 0 saturated carbocycles. The van der Waals surface area contributed by atoms with Gasteiger partial charge >= 0.3 is 18.0 Å². The van der Waals surface area contributed by atoms with Crippen LogP contribution in [0, 0.1) is 0 Å². The molecule has 0 spiro atoms. The molecule has 2 aromatic carbocycles. The maximum absolute atomic E-state index is 12.4. The van der Waals surface area contributed by atoms with Gasteiger partial charge in [-0.3, -0.25) is 5.43 Å². The number of amides is 2. The van der Waals surface area contributed by atoms with Crippen molar-refractivity contribution < 1.29 is 38.4 Å². The van der Waals surface area contributed by atoms with E-state index in [2.05, 4.69) is 25.9 Å². The number of aliphatic hydroxyl groups excluding tert-OH is 1. The third-order valence-electron chi connectivity index (χ3n) is 5.44. The van der Waals surface area contributed by atoms with E-state index in [0.29, 0.717) is 40.5 Å². The Morgan fingerprint density at radius 1 is 1.08 bits per heavy atom. The third-order valence-corrected chi connectivity index (χ3v) is 5.44. The molecule has 12 heteroatoms. The molecule has 0 aliphatic carbocycles. The summed E-state index contributed by atoms with van der Waals surface area (Å²) in [4.78, 5) is 35.9. The smallest absolute Gasteiger partial charge is 0.337 e. The van der Waals surface area contributed by atoms with Crippen molar-refractivity contribution in [2.75, 3.05) is 27.4 Å². The molecule has 12 nitrogen and oxygen atoms in total. The number of carbonyl (C=O) groups excluding carboxylic acids is 3. The molecule has 0 bridgehead atoms. The van der Waals surface area contributed by atoms with Gasteiger partial charge in [-0.1, -0.05) is 18.2 Å². The van der Waals surface area contributed by atoms with Crippen molar-refractivity contribution >= 4 is 24.2 Å². The molecule has 2 aromatic rings. The Kier molecular flexibility index (Phi) is 9.66. The number of hydrazone groups is 1. The lowest BCUT2D eigenvalue weighted by atomic mass is 9.95. The second kappa shape index (κ2) is 13.1. The van der Waals surface area contributed by atoms with E-state index in [0.717, 1.165) is 0 Å². The van der Waals surface area contributed by atoms with Gasteiger partial charge in [0.05, 0.1) is 44.2 Å². The van der Waals surface area contributed by atoms with Crippen molar-refractivity contribution in [2.45, 2.75) is 26.1 Å². The van der Waals surface area contributed by atoms with Crippen molar-refractivity contribution in [1.82, 2.24) is 16.1 Å². The summed E-state index contributed by atoms with van der Waals surface area (Å²) in [7, 11) is 2.58. The number of aliphatic hydroxyl groups is 1.